The predicted octanol–water partition coefficient (Wildman–Crippen LogP) is 3.15. The summed E-state index contributed by atoms with van der Waals surface area (Å²) < 4.78 is 5.18. The largest absolute Gasteiger partial charge is 0.383 e. The van der Waals surface area contributed by atoms with E-state index >= 15 is 0 Å². The monoisotopic (exact) mass is 277 g/mol. The van der Waals surface area contributed by atoms with Gasteiger partial charge in [0.2, 0.25) is 0 Å². The third-order valence-electron chi connectivity index (χ3n) is 3.93. The van der Waals surface area contributed by atoms with E-state index in [4.69, 9.17) is 4.74 Å². The van der Waals surface area contributed by atoms with E-state index in [0.717, 1.165) is 17.7 Å². The summed E-state index contributed by atoms with van der Waals surface area (Å²) in [4.78, 5) is 14.7. The van der Waals surface area contributed by atoms with Crippen molar-refractivity contribution in [2.45, 2.75) is 40.7 Å². The van der Waals surface area contributed by atoms with Crippen LogP contribution >= 0.6 is 0 Å². The van der Waals surface area contributed by atoms with Crippen molar-refractivity contribution in [1.29, 1.82) is 0 Å². The Kier molecular flexibility index (Phi) is 6.37. The zero-order valence-electron chi connectivity index (χ0n) is 13.6. The lowest BCUT2D eigenvalue weighted by molar-refractivity contribution is 0.0787. The molecule has 1 aromatic carbocycles. The SMILES string of the molecule is CCN(CC(=O)c1cc(C)c(C)cc1C)C(C)COC. The Morgan fingerprint density at radius 3 is 2.35 bits per heavy atom. The van der Waals surface area contributed by atoms with E-state index in [2.05, 4.69) is 38.7 Å². The molecule has 0 spiro atoms. The first-order valence-corrected chi connectivity index (χ1v) is 7.24. The second kappa shape index (κ2) is 7.55. The van der Waals surface area contributed by atoms with Crippen molar-refractivity contribution in [1.82, 2.24) is 4.90 Å². The maximum Gasteiger partial charge on any atom is 0.177 e. The van der Waals surface area contributed by atoms with E-state index < -0.39 is 0 Å². The van der Waals surface area contributed by atoms with Crippen LogP contribution in [-0.4, -0.2) is 43.5 Å². The minimum atomic E-state index is 0.190. The molecule has 0 heterocycles. The normalized spacial score (nSPS) is 12.8. The number of carbonyl (C=O) groups is 1. The van der Waals surface area contributed by atoms with Gasteiger partial charge in [0.25, 0.3) is 0 Å². The molecule has 1 rings (SSSR count). The molecule has 0 aliphatic rings. The fraction of sp³-hybridized carbons (Fsp3) is 0.588. The summed E-state index contributed by atoms with van der Waals surface area (Å²) in [6.45, 7) is 12.2. The number of benzene rings is 1. The smallest absolute Gasteiger partial charge is 0.177 e. The van der Waals surface area contributed by atoms with Crippen molar-refractivity contribution in [2.75, 3.05) is 26.8 Å². The minimum Gasteiger partial charge on any atom is -0.383 e. The molecule has 20 heavy (non-hydrogen) atoms. The van der Waals surface area contributed by atoms with Crippen LogP contribution in [0.25, 0.3) is 0 Å². The second-order valence-electron chi connectivity index (χ2n) is 5.54. The van der Waals surface area contributed by atoms with E-state index in [-0.39, 0.29) is 11.8 Å². The van der Waals surface area contributed by atoms with Crippen LogP contribution in [0.5, 0.6) is 0 Å². The molecule has 0 saturated carbocycles. The number of hydrogen-bond acceptors (Lipinski definition) is 3. The average Bonchev–Trinajstić information content (AvgIpc) is 2.40. The highest BCUT2D eigenvalue weighted by atomic mass is 16.5. The van der Waals surface area contributed by atoms with E-state index in [0.29, 0.717) is 13.2 Å². The van der Waals surface area contributed by atoms with Crippen LogP contribution in [0.15, 0.2) is 12.1 Å². The Labute approximate surface area is 122 Å². The van der Waals surface area contributed by atoms with Crippen molar-refractivity contribution in [3.63, 3.8) is 0 Å². The Bertz CT molecular complexity index is 468. The molecule has 1 unspecified atom stereocenters. The lowest BCUT2D eigenvalue weighted by atomic mass is 9.97. The number of Topliss-reactive ketones (excluding diaryl/α,β-unsaturated/α-hetero) is 1. The summed E-state index contributed by atoms with van der Waals surface area (Å²) in [5.41, 5.74) is 4.32. The van der Waals surface area contributed by atoms with E-state index in [1.54, 1.807) is 7.11 Å². The molecule has 112 valence electrons. The van der Waals surface area contributed by atoms with Gasteiger partial charge in [0.15, 0.2) is 5.78 Å². The molecule has 3 heteroatoms. The maximum absolute atomic E-state index is 12.5. The fourth-order valence-corrected chi connectivity index (χ4v) is 2.46. The molecule has 0 amide bonds. The van der Waals surface area contributed by atoms with Crippen molar-refractivity contribution < 1.29 is 9.53 Å². The number of rotatable bonds is 7. The number of hydrogen-bond donors (Lipinski definition) is 0. The van der Waals surface area contributed by atoms with Gasteiger partial charge in [-0.1, -0.05) is 13.0 Å². The van der Waals surface area contributed by atoms with Gasteiger partial charge in [-0.05, 0) is 57.0 Å². The van der Waals surface area contributed by atoms with Crippen LogP contribution < -0.4 is 0 Å². The first kappa shape index (κ1) is 16.9. The number of ketones is 1. The number of carbonyl (C=O) groups excluding carboxylic acids is 1. The van der Waals surface area contributed by atoms with E-state index in [1.807, 2.05) is 13.0 Å². The van der Waals surface area contributed by atoms with Gasteiger partial charge in [-0.15, -0.1) is 0 Å². The molecule has 0 aliphatic carbocycles. The molecule has 1 atom stereocenters. The van der Waals surface area contributed by atoms with Crippen molar-refractivity contribution in [3.05, 3.63) is 34.4 Å². The second-order valence-corrected chi connectivity index (χ2v) is 5.54. The van der Waals surface area contributed by atoms with Crippen LogP contribution in [0.4, 0.5) is 0 Å². The lowest BCUT2D eigenvalue weighted by Crippen LogP contribution is -2.39. The van der Waals surface area contributed by atoms with Crippen molar-refractivity contribution >= 4 is 5.78 Å². The van der Waals surface area contributed by atoms with Gasteiger partial charge in [-0.3, -0.25) is 9.69 Å². The van der Waals surface area contributed by atoms with Crippen LogP contribution in [0, 0.1) is 20.8 Å². The predicted molar refractivity (Wildman–Crippen MR) is 83.6 cm³/mol. The Hall–Kier alpha value is -1.19. The molecule has 1 aromatic rings. The van der Waals surface area contributed by atoms with Gasteiger partial charge in [-0.25, -0.2) is 0 Å². The highest BCUT2D eigenvalue weighted by molar-refractivity contribution is 5.99. The summed E-state index contributed by atoms with van der Waals surface area (Å²) >= 11 is 0. The quantitative estimate of drug-likeness (QED) is 0.717. The molecule has 0 N–H and O–H groups in total. The van der Waals surface area contributed by atoms with E-state index in [1.165, 1.54) is 11.1 Å². The fourth-order valence-electron chi connectivity index (χ4n) is 2.46. The number of methoxy groups -OCH3 is 1. The minimum absolute atomic E-state index is 0.190. The summed E-state index contributed by atoms with van der Waals surface area (Å²) in [5.74, 6) is 0.190. The third-order valence-corrected chi connectivity index (χ3v) is 3.93. The Morgan fingerprint density at radius 1 is 1.20 bits per heavy atom. The zero-order valence-corrected chi connectivity index (χ0v) is 13.6. The number of likely N-dealkylation sites (N-methyl/N-ethyl adjacent to an activating group) is 1. The Balaban J connectivity index is 2.87. The summed E-state index contributed by atoms with van der Waals surface area (Å²) in [6.07, 6.45) is 0. The molecule has 0 aliphatic heterocycles. The highest BCUT2D eigenvalue weighted by Crippen LogP contribution is 2.16. The first-order chi connectivity index (χ1) is 9.40. The van der Waals surface area contributed by atoms with Gasteiger partial charge >= 0.3 is 0 Å². The standard InChI is InChI=1S/C17H27NO2/c1-7-18(15(5)11-20-6)10-17(19)16-9-13(3)12(2)8-14(16)4/h8-9,15H,7,10-11H2,1-6H3. The number of ether oxygens (including phenoxy) is 1. The molecular formula is C17H27NO2. The Morgan fingerprint density at radius 2 is 1.80 bits per heavy atom. The molecule has 0 fully saturated rings. The number of nitrogens with zero attached hydrogens (tertiary/aromatic N) is 1. The highest BCUT2D eigenvalue weighted by Gasteiger charge is 2.18. The van der Waals surface area contributed by atoms with E-state index in [9.17, 15) is 4.79 Å². The topological polar surface area (TPSA) is 29.5 Å². The zero-order chi connectivity index (χ0) is 15.3. The summed E-state index contributed by atoms with van der Waals surface area (Å²) in [6, 6.07) is 4.36. The van der Waals surface area contributed by atoms with Gasteiger partial charge < -0.3 is 4.74 Å². The van der Waals surface area contributed by atoms with Gasteiger partial charge in [0, 0.05) is 18.7 Å². The number of aryl methyl sites for hydroxylation is 3. The van der Waals surface area contributed by atoms with Crippen LogP contribution in [0.1, 0.15) is 40.9 Å². The van der Waals surface area contributed by atoms with Crippen LogP contribution in [-0.2, 0) is 4.74 Å². The summed E-state index contributed by atoms with van der Waals surface area (Å²) in [7, 11) is 1.69. The van der Waals surface area contributed by atoms with Gasteiger partial charge in [0.05, 0.1) is 13.2 Å². The molecule has 0 aromatic heterocycles. The van der Waals surface area contributed by atoms with Crippen LogP contribution in [0.3, 0.4) is 0 Å². The molecular weight excluding hydrogens is 250 g/mol. The molecule has 0 bridgehead atoms. The van der Waals surface area contributed by atoms with Crippen molar-refractivity contribution in [2.24, 2.45) is 0 Å². The van der Waals surface area contributed by atoms with Gasteiger partial charge in [0.1, 0.15) is 0 Å². The van der Waals surface area contributed by atoms with Crippen LogP contribution in [0.2, 0.25) is 0 Å². The lowest BCUT2D eigenvalue weighted by Gasteiger charge is -2.26. The maximum atomic E-state index is 12.5. The molecule has 3 nitrogen and oxygen atoms in total. The summed E-state index contributed by atoms with van der Waals surface area (Å²) in [5, 5.41) is 0. The van der Waals surface area contributed by atoms with Crippen molar-refractivity contribution in [3.8, 4) is 0 Å². The average molecular weight is 277 g/mol. The molecule has 0 saturated heterocycles. The van der Waals surface area contributed by atoms with Gasteiger partial charge in [-0.2, -0.15) is 0 Å². The first-order valence-electron chi connectivity index (χ1n) is 7.24. The third kappa shape index (κ3) is 4.15. The molecule has 0 radical (unpaired) electrons.